The fourth-order valence-electron chi connectivity index (χ4n) is 2.24. The monoisotopic (exact) mass is 315 g/mol. The molecule has 1 heterocycles. The molecule has 0 atom stereocenters. The number of nitrogens with one attached hydrogen (secondary N) is 1. The second-order valence-electron chi connectivity index (χ2n) is 5.02. The third-order valence-electron chi connectivity index (χ3n) is 3.40. The minimum absolute atomic E-state index is 0.0587. The molecule has 0 radical (unpaired) electrons. The summed E-state index contributed by atoms with van der Waals surface area (Å²) in [7, 11) is -3.96. The SMILES string of the molecule is NS(=O)(=O)c1ccc(NC(=O)N2CCCCCC2)c(F)c1. The first-order valence-electron chi connectivity index (χ1n) is 6.76. The predicted molar refractivity (Wildman–Crippen MR) is 76.8 cm³/mol. The number of likely N-dealkylation sites (tertiary alicyclic amines) is 1. The lowest BCUT2D eigenvalue weighted by atomic mass is 10.2. The number of nitrogens with two attached hydrogens (primary N) is 1. The molecule has 8 heteroatoms. The van der Waals surface area contributed by atoms with Gasteiger partial charge in [0.2, 0.25) is 10.0 Å². The number of hydrogen-bond donors (Lipinski definition) is 2. The molecule has 1 aromatic carbocycles. The molecule has 2 rings (SSSR count). The van der Waals surface area contributed by atoms with Gasteiger partial charge in [-0.05, 0) is 31.0 Å². The highest BCUT2D eigenvalue weighted by atomic mass is 32.2. The Morgan fingerprint density at radius 3 is 2.33 bits per heavy atom. The number of nitrogens with zero attached hydrogens (tertiary/aromatic N) is 1. The van der Waals surface area contributed by atoms with E-state index in [2.05, 4.69) is 5.32 Å². The van der Waals surface area contributed by atoms with Crippen LogP contribution < -0.4 is 10.5 Å². The molecule has 21 heavy (non-hydrogen) atoms. The van der Waals surface area contributed by atoms with Crippen LogP contribution >= 0.6 is 0 Å². The average Bonchev–Trinajstić information content (AvgIpc) is 2.68. The molecule has 1 aliphatic heterocycles. The van der Waals surface area contributed by atoms with E-state index in [9.17, 15) is 17.6 Å². The number of benzene rings is 1. The summed E-state index contributed by atoms with van der Waals surface area (Å²) in [5.41, 5.74) is -0.0587. The number of anilines is 1. The molecular formula is C13H18FN3O3S. The fraction of sp³-hybridized carbons (Fsp3) is 0.462. The number of carbonyl (C=O) groups is 1. The van der Waals surface area contributed by atoms with E-state index in [-0.39, 0.29) is 16.6 Å². The molecule has 1 fully saturated rings. The molecular weight excluding hydrogens is 297 g/mol. The smallest absolute Gasteiger partial charge is 0.321 e. The molecule has 1 saturated heterocycles. The molecule has 0 aromatic heterocycles. The molecule has 6 nitrogen and oxygen atoms in total. The van der Waals surface area contributed by atoms with Gasteiger partial charge in [-0.15, -0.1) is 0 Å². The van der Waals surface area contributed by atoms with E-state index >= 15 is 0 Å². The van der Waals surface area contributed by atoms with Gasteiger partial charge in [-0.3, -0.25) is 0 Å². The molecule has 0 bridgehead atoms. The Labute approximate surface area is 123 Å². The van der Waals surface area contributed by atoms with Crippen LogP contribution in [-0.4, -0.2) is 32.4 Å². The summed E-state index contributed by atoms with van der Waals surface area (Å²) >= 11 is 0. The van der Waals surface area contributed by atoms with Gasteiger partial charge in [0, 0.05) is 13.1 Å². The highest BCUT2D eigenvalue weighted by molar-refractivity contribution is 7.89. The minimum atomic E-state index is -3.96. The van der Waals surface area contributed by atoms with Crippen LogP contribution in [0.5, 0.6) is 0 Å². The summed E-state index contributed by atoms with van der Waals surface area (Å²) < 4.78 is 36.1. The Morgan fingerprint density at radius 2 is 1.81 bits per heavy atom. The van der Waals surface area contributed by atoms with E-state index in [1.165, 1.54) is 6.07 Å². The number of rotatable bonds is 2. The van der Waals surface area contributed by atoms with Crippen LogP contribution in [-0.2, 0) is 10.0 Å². The highest BCUT2D eigenvalue weighted by Crippen LogP contribution is 2.19. The van der Waals surface area contributed by atoms with Gasteiger partial charge in [-0.25, -0.2) is 22.7 Å². The predicted octanol–water partition coefficient (Wildman–Crippen LogP) is 1.88. The summed E-state index contributed by atoms with van der Waals surface area (Å²) in [6, 6.07) is 2.79. The molecule has 0 saturated carbocycles. The van der Waals surface area contributed by atoms with E-state index in [0.717, 1.165) is 37.8 Å². The summed E-state index contributed by atoms with van der Waals surface area (Å²) in [6.07, 6.45) is 4.03. The summed E-state index contributed by atoms with van der Waals surface area (Å²) in [5.74, 6) is -0.829. The number of urea groups is 1. The third-order valence-corrected chi connectivity index (χ3v) is 4.31. The van der Waals surface area contributed by atoms with Gasteiger partial charge in [0.05, 0.1) is 10.6 Å². The van der Waals surface area contributed by atoms with E-state index < -0.39 is 15.8 Å². The number of carbonyl (C=O) groups excluding carboxylic acids is 1. The van der Waals surface area contributed by atoms with Crippen molar-refractivity contribution in [2.75, 3.05) is 18.4 Å². The number of sulfonamides is 1. The molecule has 3 N–H and O–H groups in total. The Bertz CT molecular complexity index is 626. The van der Waals surface area contributed by atoms with Gasteiger partial charge >= 0.3 is 6.03 Å². The highest BCUT2D eigenvalue weighted by Gasteiger charge is 2.18. The zero-order valence-electron chi connectivity index (χ0n) is 11.5. The lowest BCUT2D eigenvalue weighted by Crippen LogP contribution is -2.35. The maximum Gasteiger partial charge on any atom is 0.321 e. The van der Waals surface area contributed by atoms with Crippen molar-refractivity contribution in [3.05, 3.63) is 24.0 Å². The minimum Gasteiger partial charge on any atom is -0.325 e. The van der Waals surface area contributed by atoms with Gasteiger partial charge in [-0.2, -0.15) is 0 Å². The van der Waals surface area contributed by atoms with Gasteiger partial charge in [0.15, 0.2) is 0 Å². The molecule has 0 unspecified atom stereocenters. The van der Waals surface area contributed by atoms with Crippen molar-refractivity contribution >= 4 is 21.7 Å². The molecule has 1 aliphatic rings. The maximum absolute atomic E-state index is 13.8. The van der Waals surface area contributed by atoms with E-state index in [1.54, 1.807) is 4.90 Å². The number of halogens is 1. The lowest BCUT2D eigenvalue weighted by molar-refractivity contribution is 0.213. The van der Waals surface area contributed by atoms with Gasteiger partial charge < -0.3 is 10.2 Å². The summed E-state index contributed by atoms with van der Waals surface area (Å²) in [6.45, 7) is 1.28. The first kappa shape index (κ1) is 15.7. The first-order valence-corrected chi connectivity index (χ1v) is 8.31. The molecule has 2 amide bonds. The Morgan fingerprint density at radius 1 is 1.19 bits per heavy atom. The largest absolute Gasteiger partial charge is 0.325 e. The van der Waals surface area contributed by atoms with Gasteiger partial charge in [0.25, 0.3) is 0 Å². The topological polar surface area (TPSA) is 92.5 Å². The maximum atomic E-state index is 13.8. The van der Waals surface area contributed by atoms with Crippen molar-refractivity contribution < 1.29 is 17.6 Å². The van der Waals surface area contributed by atoms with Crippen molar-refractivity contribution in [2.45, 2.75) is 30.6 Å². The van der Waals surface area contributed by atoms with Crippen LogP contribution in [0.25, 0.3) is 0 Å². The van der Waals surface area contributed by atoms with Crippen molar-refractivity contribution in [3.8, 4) is 0 Å². The van der Waals surface area contributed by atoms with E-state index in [1.807, 2.05) is 0 Å². The number of primary sulfonamides is 1. The zero-order chi connectivity index (χ0) is 15.5. The van der Waals surface area contributed by atoms with Crippen molar-refractivity contribution in [3.63, 3.8) is 0 Å². The van der Waals surface area contributed by atoms with Crippen LogP contribution in [0.4, 0.5) is 14.9 Å². The lowest BCUT2D eigenvalue weighted by Gasteiger charge is -2.21. The van der Waals surface area contributed by atoms with Crippen LogP contribution in [0.15, 0.2) is 23.1 Å². The van der Waals surface area contributed by atoms with Crippen molar-refractivity contribution in [1.29, 1.82) is 0 Å². The quantitative estimate of drug-likeness (QED) is 0.872. The third kappa shape index (κ3) is 4.15. The van der Waals surface area contributed by atoms with Crippen molar-refractivity contribution in [2.24, 2.45) is 5.14 Å². The first-order chi connectivity index (χ1) is 9.88. The zero-order valence-corrected chi connectivity index (χ0v) is 12.3. The average molecular weight is 315 g/mol. The van der Waals surface area contributed by atoms with Crippen LogP contribution in [0.3, 0.4) is 0 Å². The standard InChI is InChI=1S/C13H18FN3O3S/c14-11-9-10(21(15,19)20)5-6-12(11)16-13(18)17-7-3-1-2-4-8-17/h5-6,9H,1-4,7-8H2,(H,16,18)(H2,15,19,20). The van der Waals surface area contributed by atoms with Gasteiger partial charge in [-0.1, -0.05) is 12.8 Å². The number of amides is 2. The second kappa shape index (κ2) is 6.40. The molecule has 0 spiro atoms. The molecule has 0 aliphatic carbocycles. The van der Waals surface area contributed by atoms with E-state index in [4.69, 9.17) is 5.14 Å². The van der Waals surface area contributed by atoms with Crippen molar-refractivity contribution in [1.82, 2.24) is 4.90 Å². The summed E-state index contributed by atoms with van der Waals surface area (Å²) in [4.78, 5) is 13.4. The van der Waals surface area contributed by atoms with E-state index in [0.29, 0.717) is 13.1 Å². The molecule has 1 aromatic rings. The van der Waals surface area contributed by atoms with Crippen LogP contribution in [0.1, 0.15) is 25.7 Å². The van der Waals surface area contributed by atoms with Gasteiger partial charge in [0.1, 0.15) is 5.82 Å². The normalized spacial score (nSPS) is 16.4. The Hall–Kier alpha value is -1.67. The Balaban J connectivity index is 2.10. The fourth-order valence-corrected chi connectivity index (χ4v) is 2.77. The second-order valence-corrected chi connectivity index (χ2v) is 6.58. The number of hydrogen-bond acceptors (Lipinski definition) is 3. The molecule has 116 valence electrons. The summed E-state index contributed by atoms with van der Waals surface area (Å²) in [5, 5.41) is 7.38. The van der Waals surface area contributed by atoms with Crippen LogP contribution in [0.2, 0.25) is 0 Å². The van der Waals surface area contributed by atoms with Crippen LogP contribution in [0, 0.1) is 5.82 Å². The Kier molecular flexibility index (Phi) is 4.79.